The van der Waals surface area contributed by atoms with Crippen LogP contribution in [0.2, 0.25) is 0 Å². The average molecular weight is 2100 g/mol. The Morgan fingerprint density at radius 3 is 0.962 bits per heavy atom. The van der Waals surface area contributed by atoms with E-state index in [0.29, 0.717) is 56.8 Å². The minimum absolute atomic E-state index is 0. The number of alkyl halides is 4. The predicted octanol–water partition coefficient (Wildman–Crippen LogP) is 22.1. The first-order valence-electron chi connectivity index (χ1n) is 52.6. The first-order chi connectivity index (χ1) is 61.1. The van der Waals surface area contributed by atoms with Crippen molar-refractivity contribution in [3.63, 3.8) is 0 Å². The van der Waals surface area contributed by atoms with Crippen molar-refractivity contribution in [2.75, 3.05) is 11.9 Å². The van der Waals surface area contributed by atoms with Gasteiger partial charge in [0.25, 0.3) is 0 Å². The zero-order valence-electron chi connectivity index (χ0n) is 83.2. The van der Waals surface area contributed by atoms with E-state index in [4.69, 9.17) is 9.90 Å². The Labute approximate surface area is 866 Å². The Kier molecular flexibility index (Phi) is 41.7. The van der Waals surface area contributed by atoms with Gasteiger partial charge < -0.3 is 45.6 Å². The molecule has 0 spiro atoms. The normalized spacial score (nSPS) is 49.0. The molecular weight excluding hydrogens is 1920 g/mol. The van der Waals surface area contributed by atoms with Crippen LogP contribution in [0.1, 0.15) is 394 Å². The largest absolute Gasteiger partial charge is 1.00 e. The van der Waals surface area contributed by atoms with E-state index in [9.17, 15) is 63.3 Å². The maximum absolute atomic E-state index is 12.5. The summed E-state index contributed by atoms with van der Waals surface area (Å²) in [7, 11) is 0. The molecule has 750 valence electrons. The van der Waals surface area contributed by atoms with Gasteiger partial charge in [-0.05, 0) is 525 Å². The molecule has 24 heteroatoms. The number of aliphatic hydroxyl groups excluding tert-OH is 2. The third kappa shape index (κ3) is 24.6. The number of carbonyl (C=O) groups is 4. The Morgan fingerprint density at radius 2 is 0.684 bits per heavy atom. The number of aliphatic hydroxyl groups is 7. The van der Waals surface area contributed by atoms with Crippen molar-refractivity contribution < 1.29 is 103 Å². The van der Waals surface area contributed by atoms with Crippen LogP contribution in [-0.4, -0.2) is 129 Å². The fourth-order valence-corrected chi connectivity index (χ4v) is 38.9. The van der Waals surface area contributed by atoms with E-state index in [1.165, 1.54) is 199 Å². The molecule has 0 aliphatic heterocycles. The van der Waals surface area contributed by atoms with Crippen LogP contribution >= 0.6 is 74.5 Å². The second-order valence-electron chi connectivity index (χ2n) is 50.4. The Balaban J connectivity index is 0.000000179. The molecule has 0 heterocycles. The zero-order chi connectivity index (χ0) is 95.4. The summed E-state index contributed by atoms with van der Waals surface area (Å²) < 4.78 is 33.1. The number of carboxylic acids is 1. The van der Waals surface area contributed by atoms with Crippen molar-refractivity contribution in [1.29, 1.82) is 0 Å². The summed E-state index contributed by atoms with van der Waals surface area (Å²) in [5, 5.41) is 81.3. The molecule has 0 amide bonds. The molecule has 20 rings (SSSR count). The van der Waals surface area contributed by atoms with Gasteiger partial charge in [-0.2, -0.15) is 13.2 Å². The summed E-state index contributed by atoms with van der Waals surface area (Å²) in [5.74, 6) is 20.3. The molecule has 2 unspecified atom stereocenters. The van der Waals surface area contributed by atoms with Crippen LogP contribution in [0.5, 0.6) is 0 Å². The van der Waals surface area contributed by atoms with Gasteiger partial charge in [-0.25, -0.2) is 0 Å². The number of hydrogen-bond donors (Lipinski definition) is 7. The number of carbonyl (C=O) groups excluding carboxylic acids is 4. The number of hydrogen-bond acceptors (Lipinski definition) is 15. The number of Topliss-reactive ketones (excluding diaryl/α,β-unsaturated/α-hetero) is 3. The maximum Gasteiger partial charge on any atom is 1.00 e. The minimum Gasteiger partial charge on any atom is 1.00 e. The molecule has 7 N–H and O–H groups in total. The number of carboxylic acid groups (broad SMARTS) is 1. The average Bonchev–Trinajstić information content (AvgIpc) is 1.71. The van der Waals surface area contributed by atoms with Gasteiger partial charge in [-0.15, -0.1) is 0 Å². The number of allylic oxidation sites excluding steroid dienone is 2. The second kappa shape index (κ2) is 47.3. The standard InChI is InChI=1S/C21H33BrO2.C21H34O3.C21H36O2.C21H34O2.C21H34O.C2HF3O2.2CH4.BIS.2BS.Na/c2*1-20(24)9-7-14-13(11-20)3-4-16-15(14)8-10-21(2)17(16)5-6-18(21)19(23)12-22;2*1-13(22)18-6-7-19-17-5-4-14-12-20(2,23)10-8-15(14)16(17)9-11-21(18,19)3;1-4-15-6-8-19-18-7-5-14-13-20(2,22)11-9-16(14)17(18)10-12-21(15,19)3;3-2(4,5)1(6)7;;;2-1-3;2*1-2;/h13-18,24H,3-12H2,1-2H3;13-18,22,24H,3-12H2,1-2H3;13-19,22-23H,4-12H2,1-3H3;14-19,23H,4-12H2,1-3H3;4,14,16-19,22H,5-13H2,1-3H3;(H,6,7);2*1H4;;;;/q;;;;;;;;;;;+1/p-1/t2*13-,14-,15+,16+,17-,18+,20+,21-;13?,14-,15-,16+,17+,18?,19-,20+,21+;14-,15-,16+,17+,18+,19-,20+,21+;14-,16-,17+,18+,19-,20+,21+;;;;;;;/m00000......./s1. The monoisotopic (exact) mass is 2100 g/mol. The van der Waals surface area contributed by atoms with Crippen LogP contribution in [0, 0.1) is 199 Å². The summed E-state index contributed by atoms with van der Waals surface area (Å²) in [6.07, 6.45) is 52.5. The van der Waals surface area contributed by atoms with Gasteiger partial charge in [-0.1, -0.05) is 77.1 Å². The summed E-state index contributed by atoms with van der Waals surface area (Å²) >= 11 is 16.8. The first kappa shape index (κ1) is 117. The summed E-state index contributed by atoms with van der Waals surface area (Å²) in [4.78, 5) is 45.6. The molecule has 40 atom stereocenters. The Bertz CT molecular complexity index is 3790. The van der Waals surface area contributed by atoms with E-state index in [2.05, 4.69) is 127 Å². The number of halogens is 5. The molecule has 0 saturated heterocycles. The van der Waals surface area contributed by atoms with Gasteiger partial charge in [0.15, 0.2) is 5.78 Å². The fourth-order valence-electron chi connectivity index (χ4n) is 38.5. The molecule has 2 radical (unpaired) electrons. The zero-order valence-corrected chi connectivity index (χ0v) is 91.3. The predicted molar refractivity (Wildman–Crippen MR) is 548 cm³/mol. The van der Waals surface area contributed by atoms with E-state index in [1.54, 1.807) is 9.58 Å². The summed E-state index contributed by atoms with van der Waals surface area (Å²) in [5.41, 5.74) is 1.33. The molecule has 20 aliphatic carbocycles. The maximum atomic E-state index is 12.5. The third-order valence-electron chi connectivity index (χ3n) is 43.8. The first-order valence-corrected chi connectivity index (χ1v) is 56.4. The quantitative estimate of drug-likeness (QED) is 0.0567. The van der Waals surface area contributed by atoms with Gasteiger partial charge in [0.1, 0.15) is 24.1 Å². The van der Waals surface area contributed by atoms with Crippen molar-refractivity contribution in [2.24, 2.45) is 199 Å². The van der Waals surface area contributed by atoms with Gasteiger partial charge in [0.05, 0.1) is 39.4 Å². The molecule has 133 heavy (non-hydrogen) atoms. The third-order valence-corrected chi connectivity index (χ3v) is 44.4. The minimum atomic E-state index is -5.19. The molecule has 0 aromatic carbocycles. The van der Waals surface area contributed by atoms with Crippen molar-refractivity contribution in [3.8, 4) is 0 Å². The SMILES string of the molecule is C.C.CC(=O)[C@H]1CC[C@H]2[C@@H]3CC[C@H]4C[C@](C)(O)CC[C@@H]4[C@H]3CC[C@]12C.CC(O)C1CC[C@H]2[C@@H]3CC[C@H]4C[C@](C)(O)CC[C@@H]4[C@H]3CC[C@]12C.CC=C1CC[C@H]2[C@@H]3CC[C@H]4C[C@](C)(O)CC[C@@H]4[C@H]3CC[C@]12C.C[C@@]1(O)CC[C@H]2[C@@H](CC[C@@H]3[C@@H]2CC[C@]2(C)[C@@H](C(=O)CBr)CC[C@@H]32)C1.C[C@@]1(O)CC[C@H]2[C@@H](CC[C@@H]3[C@@H]2CC[C@]2(C)[C@@H](C(=O)CO)CC[C@@H]32)C1.O=C([O-])C(F)(F)F.S=BI.[B]=S.[B]=S.[Na+]. The molecule has 12 nitrogen and oxygen atoms in total. The van der Waals surface area contributed by atoms with Crippen LogP contribution in [0.3, 0.4) is 0 Å². The van der Waals surface area contributed by atoms with Crippen molar-refractivity contribution >= 4 is 115 Å². The molecule has 20 aliphatic rings. The van der Waals surface area contributed by atoms with E-state index in [0.717, 1.165) is 232 Å². The van der Waals surface area contributed by atoms with Gasteiger partial charge in [0.2, 0.25) is 0 Å². The molecule has 0 bridgehead atoms. The Hall–Kier alpha value is 0.795. The topological polar surface area (TPSA) is 233 Å². The second-order valence-corrected chi connectivity index (χ2v) is 52.7. The van der Waals surface area contributed by atoms with Crippen LogP contribution in [0.25, 0.3) is 0 Å². The summed E-state index contributed by atoms with van der Waals surface area (Å²) in [6, 6.07) is 0. The Morgan fingerprint density at radius 1 is 0.429 bits per heavy atom. The molecule has 20 saturated carbocycles. The molecule has 0 aromatic heterocycles. The smallest absolute Gasteiger partial charge is 1.00 e. The van der Waals surface area contributed by atoms with E-state index in [-0.39, 0.29) is 85.3 Å². The number of aliphatic carboxylic acids is 1. The van der Waals surface area contributed by atoms with Crippen LogP contribution in [-0.2, 0) is 19.2 Å². The van der Waals surface area contributed by atoms with Crippen molar-refractivity contribution in [2.45, 2.75) is 434 Å². The summed E-state index contributed by atoms with van der Waals surface area (Å²) in [6.45, 7) is 36.5. The number of ketones is 3. The van der Waals surface area contributed by atoms with Crippen molar-refractivity contribution in [1.82, 2.24) is 0 Å². The number of fused-ring (bicyclic) bond motifs is 25. The van der Waals surface area contributed by atoms with Crippen LogP contribution < -0.4 is 34.7 Å². The van der Waals surface area contributed by atoms with Gasteiger partial charge in [-0.3, -0.25) is 14.4 Å². The number of rotatable bonds is 6. The van der Waals surface area contributed by atoms with Gasteiger partial charge in [0, 0.05) is 17.8 Å². The van der Waals surface area contributed by atoms with E-state index >= 15 is 0 Å². The van der Waals surface area contributed by atoms with Gasteiger partial charge >= 0.3 is 112 Å². The molecule has 0 aromatic rings. The van der Waals surface area contributed by atoms with Crippen LogP contribution in [0.4, 0.5) is 13.2 Å². The van der Waals surface area contributed by atoms with E-state index < -0.39 is 34.5 Å². The fraction of sp³-hybridized carbons (Fsp3) is 0.945. The van der Waals surface area contributed by atoms with Crippen molar-refractivity contribution in [3.05, 3.63) is 11.6 Å². The van der Waals surface area contributed by atoms with Crippen LogP contribution in [0.15, 0.2) is 11.6 Å². The van der Waals surface area contributed by atoms with E-state index in [1.807, 2.05) is 57.0 Å². The molecular formula is C109H179B3BrF3INaO12S3. The molecule has 20 fully saturated rings.